The van der Waals surface area contributed by atoms with Gasteiger partial charge in [-0.05, 0) is 34.1 Å². The molecule has 0 radical (unpaired) electrons. The second-order valence-corrected chi connectivity index (χ2v) is 7.02. The SMILES string of the molecule is COc1ccc(CNc2nncc3sc(Br)cc23)c(OC)c1. The van der Waals surface area contributed by atoms with Crippen LogP contribution in [0.4, 0.5) is 5.82 Å². The number of anilines is 1. The summed E-state index contributed by atoms with van der Waals surface area (Å²) in [5.41, 5.74) is 1.02. The van der Waals surface area contributed by atoms with Gasteiger partial charge >= 0.3 is 0 Å². The Bertz CT molecular complexity index is 807. The third-order valence-corrected chi connectivity index (χ3v) is 4.83. The van der Waals surface area contributed by atoms with Gasteiger partial charge in [0.05, 0.1) is 28.9 Å². The molecule has 1 aromatic carbocycles. The summed E-state index contributed by atoms with van der Waals surface area (Å²) in [6.45, 7) is 0.592. The van der Waals surface area contributed by atoms with Gasteiger partial charge < -0.3 is 14.8 Å². The Morgan fingerprint density at radius 2 is 2.09 bits per heavy atom. The predicted octanol–water partition coefficient (Wildman–Crippen LogP) is 4.08. The molecule has 2 heterocycles. The van der Waals surface area contributed by atoms with Gasteiger partial charge in [-0.2, -0.15) is 5.10 Å². The van der Waals surface area contributed by atoms with E-state index in [9.17, 15) is 0 Å². The number of rotatable bonds is 5. The number of nitrogens with one attached hydrogen (secondary N) is 1. The molecule has 1 N–H and O–H groups in total. The fraction of sp³-hybridized carbons (Fsp3) is 0.200. The van der Waals surface area contributed by atoms with E-state index in [2.05, 4.69) is 31.4 Å². The van der Waals surface area contributed by atoms with Crippen LogP contribution in [-0.2, 0) is 6.54 Å². The quantitative estimate of drug-likeness (QED) is 0.723. The molecule has 0 spiro atoms. The number of halogens is 1. The minimum Gasteiger partial charge on any atom is -0.497 e. The second kappa shape index (κ2) is 6.50. The molecule has 0 unspecified atom stereocenters. The van der Waals surface area contributed by atoms with E-state index in [4.69, 9.17) is 9.47 Å². The predicted molar refractivity (Wildman–Crippen MR) is 92.0 cm³/mol. The van der Waals surface area contributed by atoms with Gasteiger partial charge in [-0.1, -0.05) is 0 Å². The number of nitrogens with zero attached hydrogens (tertiary/aromatic N) is 2. The molecule has 2 aromatic heterocycles. The Kier molecular flexibility index (Phi) is 4.44. The van der Waals surface area contributed by atoms with E-state index in [0.29, 0.717) is 6.54 Å². The first-order chi connectivity index (χ1) is 10.7. The van der Waals surface area contributed by atoms with E-state index in [1.54, 1.807) is 31.8 Å². The molecule has 0 aliphatic rings. The average molecular weight is 380 g/mol. The number of aromatic nitrogens is 2. The summed E-state index contributed by atoms with van der Waals surface area (Å²) >= 11 is 5.13. The number of benzene rings is 1. The van der Waals surface area contributed by atoms with Crippen LogP contribution in [-0.4, -0.2) is 24.4 Å². The van der Waals surface area contributed by atoms with E-state index < -0.39 is 0 Å². The van der Waals surface area contributed by atoms with E-state index in [0.717, 1.165) is 36.8 Å². The Morgan fingerprint density at radius 1 is 1.23 bits per heavy atom. The Hall–Kier alpha value is -1.86. The molecule has 0 bridgehead atoms. The van der Waals surface area contributed by atoms with Crippen LogP contribution in [0.2, 0.25) is 0 Å². The maximum atomic E-state index is 5.41. The van der Waals surface area contributed by atoms with Crippen molar-refractivity contribution in [1.29, 1.82) is 0 Å². The molecule has 5 nitrogen and oxygen atoms in total. The molecule has 0 fully saturated rings. The highest BCUT2D eigenvalue weighted by Crippen LogP contribution is 2.33. The van der Waals surface area contributed by atoms with Crippen LogP contribution < -0.4 is 14.8 Å². The first-order valence-corrected chi connectivity index (χ1v) is 8.17. The minimum atomic E-state index is 0.592. The Morgan fingerprint density at radius 3 is 2.86 bits per heavy atom. The standard InChI is InChI=1S/C15H14BrN3O2S/c1-20-10-4-3-9(12(5-10)21-2)7-17-15-11-6-14(16)22-13(11)8-18-19-15/h3-6,8H,7H2,1-2H3,(H,17,19). The van der Waals surface area contributed by atoms with Gasteiger partial charge in [-0.15, -0.1) is 16.4 Å². The maximum absolute atomic E-state index is 5.41. The van der Waals surface area contributed by atoms with Crippen LogP contribution in [0.5, 0.6) is 11.5 Å². The molecule has 0 atom stereocenters. The zero-order valence-electron chi connectivity index (χ0n) is 12.1. The van der Waals surface area contributed by atoms with E-state index in [1.807, 2.05) is 24.3 Å². The molecule has 0 aliphatic carbocycles. The summed E-state index contributed by atoms with van der Waals surface area (Å²) < 4.78 is 12.8. The highest BCUT2D eigenvalue weighted by atomic mass is 79.9. The number of fused-ring (bicyclic) bond motifs is 1. The van der Waals surface area contributed by atoms with Gasteiger partial charge in [0.25, 0.3) is 0 Å². The number of methoxy groups -OCH3 is 2. The summed E-state index contributed by atoms with van der Waals surface area (Å²) in [7, 11) is 3.28. The normalized spacial score (nSPS) is 10.7. The molecule has 22 heavy (non-hydrogen) atoms. The summed E-state index contributed by atoms with van der Waals surface area (Å²) in [5, 5.41) is 12.6. The molecule has 7 heteroatoms. The van der Waals surface area contributed by atoms with Gasteiger partial charge in [0.1, 0.15) is 11.5 Å². The van der Waals surface area contributed by atoms with Crippen molar-refractivity contribution in [1.82, 2.24) is 10.2 Å². The van der Waals surface area contributed by atoms with Crippen LogP contribution in [0.25, 0.3) is 10.1 Å². The molecule has 3 aromatic rings. The Labute approximate surface area is 140 Å². The number of hydrogen-bond acceptors (Lipinski definition) is 6. The van der Waals surface area contributed by atoms with Crippen LogP contribution in [0.3, 0.4) is 0 Å². The van der Waals surface area contributed by atoms with Crippen molar-refractivity contribution >= 4 is 43.2 Å². The van der Waals surface area contributed by atoms with Gasteiger partial charge in [0.15, 0.2) is 5.82 Å². The van der Waals surface area contributed by atoms with Crippen molar-refractivity contribution in [3.63, 3.8) is 0 Å². The fourth-order valence-corrected chi connectivity index (χ4v) is 3.66. The molecular formula is C15H14BrN3O2S. The lowest BCUT2D eigenvalue weighted by Gasteiger charge is -2.11. The van der Waals surface area contributed by atoms with E-state index >= 15 is 0 Å². The summed E-state index contributed by atoms with van der Waals surface area (Å²) in [6, 6.07) is 7.79. The third-order valence-electron chi connectivity index (χ3n) is 3.26. The summed E-state index contributed by atoms with van der Waals surface area (Å²) in [6.07, 6.45) is 1.77. The van der Waals surface area contributed by atoms with Crippen molar-refractivity contribution in [2.45, 2.75) is 6.54 Å². The van der Waals surface area contributed by atoms with E-state index in [1.165, 1.54) is 0 Å². The topological polar surface area (TPSA) is 56.3 Å². The minimum absolute atomic E-state index is 0.592. The van der Waals surface area contributed by atoms with Gasteiger partial charge in [-0.25, -0.2) is 0 Å². The molecular weight excluding hydrogens is 366 g/mol. The van der Waals surface area contributed by atoms with Crippen LogP contribution in [0.1, 0.15) is 5.56 Å². The number of ether oxygens (including phenoxy) is 2. The third kappa shape index (κ3) is 3.00. The lowest BCUT2D eigenvalue weighted by Crippen LogP contribution is -2.04. The first kappa shape index (κ1) is 15.1. The maximum Gasteiger partial charge on any atom is 0.157 e. The van der Waals surface area contributed by atoms with Crippen molar-refractivity contribution in [2.24, 2.45) is 0 Å². The fourth-order valence-electron chi connectivity index (χ4n) is 2.16. The summed E-state index contributed by atoms with van der Waals surface area (Å²) in [5.74, 6) is 2.31. The first-order valence-electron chi connectivity index (χ1n) is 6.56. The number of thiophene rings is 1. The molecule has 0 amide bonds. The largest absolute Gasteiger partial charge is 0.497 e. The smallest absolute Gasteiger partial charge is 0.157 e. The highest BCUT2D eigenvalue weighted by molar-refractivity contribution is 9.11. The van der Waals surface area contributed by atoms with Crippen molar-refractivity contribution in [2.75, 3.05) is 19.5 Å². The van der Waals surface area contributed by atoms with Gasteiger partial charge in [0, 0.05) is 23.6 Å². The van der Waals surface area contributed by atoms with Crippen LogP contribution in [0, 0.1) is 0 Å². The lowest BCUT2D eigenvalue weighted by atomic mass is 10.2. The van der Waals surface area contributed by atoms with Gasteiger partial charge in [-0.3, -0.25) is 0 Å². The molecule has 3 rings (SSSR count). The zero-order valence-corrected chi connectivity index (χ0v) is 14.5. The van der Waals surface area contributed by atoms with Crippen molar-refractivity contribution < 1.29 is 9.47 Å². The van der Waals surface area contributed by atoms with Crippen molar-refractivity contribution in [3.8, 4) is 11.5 Å². The highest BCUT2D eigenvalue weighted by Gasteiger charge is 2.09. The summed E-state index contributed by atoms with van der Waals surface area (Å²) in [4.78, 5) is 0. The molecule has 0 aliphatic heterocycles. The van der Waals surface area contributed by atoms with E-state index in [-0.39, 0.29) is 0 Å². The lowest BCUT2D eigenvalue weighted by molar-refractivity contribution is 0.391. The number of hydrogen-bond donors (Lipinski definition) is 1. The Balaban J connectivity index is 1.85. The van der Waals surface area contributed by atoms with Gasteiger partial charge in [0.2, 0.25) is 0 Å². The van der Waals surface area contributed by atoms with Crippen LogP contribution >= 0.6 is 27.3 Å². The zero-order chi connectivity index (χ0) is 15.5. The average Bonchev–Trinajstić information content (AvgIpc) is 2.93. The van der Waals surface area contributed by atoms with Crippen LogP contribution in [0.15, 0.2) is 34.2 Å². The molecule has 0 saturated carbocycles. The molecule has 0 saturated heterocycles. The van der Waals surface area contributed by atoms with Crippen molar-refractivity contribution in [3.05, 3.63) is 39.8 Å². The monoisotopic (exact) mass is 379 g/mol. The molecule has 114 valence electrons. The second-order valence-electron chi connectivity index (χ2n) is 4.55.